The van der Waals surface area contributed by atoms with Crippen molar-refractivity contribution < 1.29 is 4.74 Å². The molecule has 116 valence electrons. The van der Waals surface area contributed by atoms with Gasteiger partial charge >= 0.3 is 0 Å². The van der Waals surface area contributed by atoms with E-state index in [1.807, 2.05) is 0 Å². The molecule has 0 radical (unpaired) electrons. The van der Waals surface area contributed by atoms with Gasteiger partial charge in [-0.05, 0) is 37.5 Å². The van der Waals surface area contributed by atoms with E-state index in [4.69, 9.17) is 10.5 Å². The summed E-state index contributed by atoms with van der Waals surface area (Å²) in [7, 11) is 0. The van der Waals surface area contributed by atoms with Crippen molar-refractivity contribution in [3.05, 3.63) is 0 Å². The highest BCUT2D eigenvalue weighted by Crippen LogP contribution is 2.36. The SMILES string of the molecule is CC1CCCC(C(CN)N2CCOC3CCCCC32)C1. The molecule has 2 saturated carbocycles. The zero-order valence-electron chi connectivity index (χ0n) is 13.1. The third-order valence-corrected chi connectivity index (χ3v) is 5.96. The first-order valence-electron chi connectivity index (χ1n) is 8.87. The first-order valence-corrected chi connectivity index (χ1v) is 8.87. The summed E-state index contributed by atoms with van der Waals surface area (Å²) < 4.78 is 6.03. The maximum atomic E-state index is 6.22. The number of nitrogens with zero attached hydrogens (tertiary/aromatic N) is 1. The zero-order chi connectivity index (χ0) is 13.9. The van der Waals surface area contributed by atoms with Gasteiger partial charge in [0, 0.05) is 25.2 Å². The predicted molar refractivity (Wildman–Crippen MR) is 82.7 cm³/mol. The first-order chi connectivity index (χ1) is 9.79. The van der Waals surface area contributed by atoms with Crippen molar-refractivity contribution in [3.8, 4) is 0 Å². The number of rotatable bonds is 3. The lowest BCUT2D eigenvalue weighted by Gasteiger charge is -2.50. The quantitative estimate of drug-likeness (QED) is 0.864. The Balaban J connectivity index is 1.70. The number of morpholine rings is 1. The Hall–Kier alpha value is -0.120. The van der Waals surface area contributed by atoms with Crippen LogP contribution in [0.1, 0.15) is 58.3 Å². The number of nitrogens with two attached hydrogens (primary N) is 1. The van der Waals surface area contributed by atoms with Gasteiger partial charge in [-0.2, -0.15) is 0 Å². The maximum Gasteiger partial charge on any atom is 0.0731 e. The average Bonchev–Trinajstić information content (AvgIpc) is 2.48. The van der Waals surface area contributed by atoms with Crippen molar-refractivity contribution in [2.45, 2.75) is 76.5 Å². The van der Waals surface area contributed by atoms with Crippen LogP contribution in [0.15, 0.2) is 0 Å². The van der Waals surface area contributed by atoms with Gasteiger partial charge in [0.15, 0.2) is 0 Å². The lowest BCUT2D eigenvalue weighted by molar-refractivity contribution is -0.111. The Morgan fingerprint density at radius 2 is 2.00 bits per heavy atom. The molecule has 5 unspecified atom stereocenters. The van der Waals surface area contributed by atoms with Gasteiger partial charge < -0.3 is 10.5 Å². The number of ether oxygens (including phenoxy) is 1. The molecule has 5 atom stereocenters. The summed E-state index contributed by atoms with van der Waals surface area (Å²) in [5, 5.41) is 0. The minimum absolute atomic E-state index is 0.493. The fourth-order valence-electron chi connectivity index (χ4n) is 4.97. The standard InChI is InChI=1S/C17H32N2O/c1-13-5-4-6-14(11-13)16(12-18)19-9-10-20-17-8-3-2-7-15(17)19/h13-17H,2-12,18H2,1H3. The molecule has 0 aromatic heterocycles. The fraction of sp³-hybridized carbons (Fsp3) is 1.00. The monoisotopic (exact) mass is 280 g/mol. The summed E-state index contributed by atoms with van der Waals surface area (Å²) in [5.74, 6) is 1.72. The third-order valence-electron chi connectivity index (χ3n) is 5.96. The largest absolute Gasteiger partial charge is 0.375 e. The van der Waals surface area contributed by atoms with Crippen LogP contribution in [0.25, 0.3) is 0 Å². The zero-order valence-corrected chi connectivity index (χ0v) is 13.1. The second-order valence-electron chi connectivity index (χ2n) is 7.33. The Morgan fingerprint density at radius 1 is 1.15 bits per heavy atom. The summed E-state index contributed by atoms with van der Waals surface area (Å²) in [6.07, 6.45) is 11.4. The molecular formula is C17H32N2O. The second kappa shape index (κ2) is 6.76. The van der Waals surface area contributed by atoms with E-state index >= 15 is 0 Å². The minimum Gasteiger partial charge on any atom is -0.375 e. The molecule has 3 heteroatoms. The molecule has 1 heterocycles. The normalized spacial score (nSPS) is 41.1. The van der Waals surface area contributed by atoms with E-state index in [9.17, 15) is 0 Å². The summed E-state index contributed by atoms with van der Waals surface area (Å²) in [6.45, 7) is 5.27. The molecule has 3 fully saturated rings. The molecule has 0 amide bonds. The molecule has 0 spiro atoms. The van der Waals surface area contributed by atoms with Crippen molar-refractivity contribution in [1.82, 2.24) is 4.90 Å². The van der Waals surface area contributed by atoms with Crippen molar-refractivity contribution >= 4 is 0 Å². The lowest BCUT2D eigenvalue weighted by atomic mass is 9.77. The highest BCUT2D eigenvalue weighted by Gasteiger charge is 2.40. The Labute approximate surface area is 124 Å². The van der Waals surface area contributed by atoms with Gasteiger partial charge in [-0.15, -0.1) is 0 Å². The second-order valence-corrected chi connectivity index (χ2v) is 7.33. The van der Waals surface area contributed by atoms with Crippen LogP contribution < -0.4 is 5.73 Å². The fourth-order valence-corrected chi connectivity index (χ4v) is 4.97. The molecule has 20 heavy (non-hydrogen) atoms. The van der Waals surface area contributed by atoms with E-state index < -0.39 is 0 Å². The molecule has 0 bridgehead atoms. The van der Waals surface area contributed by atoms with E-state index in [-0.39, 0.29) is 0 Å². The van der Waals surface area contributed by atoms with E-state index in [2.05, 4.69) is 11.8 Å². The summed E-state index contributed by atoms with van der Waals surface area (Å²) in [5.41, 5.74) is 6.22. The molecular weight excluding hydrogens is 248 g/mol. The Morgan fingerprint density at radius 3 is 2.80 bits per heavy atom. The van der Waals surface area contributed by atoms with E-state index in [1.165, 1.54) is 51.4 Å². The van der Waals surface area contributed by atoms with E-state index in [0.29, 0.717) is 18.2 Å². The molecule has 2 N–H and O–H groups in total. The van der Waals surface area contributed by atoms with E-state index in [1.54, 1.807) is 0 Å². The molecule has 1 saturated heterocycles. The van der Waals surface area contributed by atoms with Crippen LogP contribution in [0.2, 0.25) is 0 Å². The van der Waals surface area contributed by atoms with Gasteiger partial charge in [-0.1, -0.05) is 32.6 Å². The average molecular weight is 280 g/mol. The van der Waals surface area contributed by atoms with Gasteiger partial charge in [0.1, 0.15) is 0 Å². The molecule has 3 rings (SSSR count). The van der Waals surface area contributed by atoms with Crippen molar-refractivity contribution in [2.75, 3.05) is 19.7 Å². The number of hydrogen-bond acceptors (Lipinski definition) is 3. The van der Waals surface area contributed by atoms with Crippen molar-refractivity contribution in [1.29, 1.82) is 0 Å². The predicted octanol–water partition coefficient (Wildman–Crippen LogP) is 2.78. The third kappa shape index (κ3) is 3.05. The van der Waals surface area contributed by atoms with E-state index in [0.717, 1.165) is 31.5 Å². The van der Waals surface area contributed by atoms with Crippen LogP contribution in [0.3, 0.4) is 0 Å². The van der Waals surface area contributed by atoms with Crippen molar-refractivity contribution in [3.63, 3.8) is 0 Å². The van der Waals surface area contributed by atoms with Crippen LogP contribution in [0, 0.1) is 11.8 Å². The smallest absolute Gasteiger partial charge is 0.0731 e. The Bertz CT molecular complexity index is 307. The van der Waals surface area contributed by atoms with Gasteiger partial charge in [-0.25, -0.2) is 0 Å². The van der Waals surface area contributed by atoms with Gasteiger partial charge in [-0.3, -0.25) is 4.90 Å². The summed E-state index contributed by atoms with van der Waals surface area (Å²) >= 11 is 0. The van der Waals surface area contributed by atoms with Crippen LogP contribution >= 0.6 is 0 Å². The lowest BCUT2D eigenvalue weighted by Crippen LogP contribution is -2.60. The number of fused-ring (bicyclic) bond motifs is 1. The van der Waals surface area contributed by atoms with Crippen LogP contribution in [0.4, 0.5) is 0 Å². The van der Waals surface area contributed by atoms with Gasteiger partial charge in [0.05, 0.1) is 12.7 Å². The summed E-state index contributed by atoms with van der Waals surface area (Å²) in [6, 6.07) is 1.26. The highest BCUT2D eigenvalue weighted by atomic mass is 16.5. The molecule has 0 aromatic carbocycles. The Kier molecular flexibility index (Phi) is 5.00. The first kappa shape index (κ1) is 14.8. The van der Waals surface area contributed by atoms with Crippen LogP contribution in [-0.4, -0.2) is 42.8 Å². The molecule has 3 aliphatic rings. The number of hydrogen-bond donors (Lipinski definition) is 1. The summed E-state index contributed by atoms with van der Waals surface area (Å²) in [4.78, 5) is 2.76. The van der Waals surface area contributed by atoms with Crippen LogP contribution in [-0.2, 0) is 4.74 Å². The van der Waals surface area contributed by atoms with Crippen molar-refractivity contribution in [2.24, 2.45) is 17.6 Å². The maximum absolute atomic E-state index is 6.22. The molecule has 2 aliphatic carbocycles. The van der Waals surface area contributed by atoms with Gasteiger partial charge in [0.2, 0.25) is 0 Å². The molecule has 0 aromatic rings. The molecule has 1 aliphatic heterocycles. The van der Waals surface area contributed by atoms with Crippen LogP contribution in [0.5, 0.6) is 0 Å². The highest BCUT2D eigenvalue weighted by molar-refractivity contribution is 4.94. The topological polar surface area (TPSA) is 38.5 Å². The minimum atomic E-state index is 0.493. The van der Waals surface area contributed by atoms with Gasteiger partial charge in [0.25, 0.3) is 0 Å². The molecule has 3 nitrogen and oxygen atoms in total.